The highest BCUT2D eigenvalue weighted by molar-refractivity contribution is 5.85. The average molecular weight is 330 g/mol. The van der Waals surface area contributed by atoms with Gasteiger partial charge in [0.1, 0.15) is 23.7 Å². The Hall–Kier alpha value is -1.97. The van der Waals surface area contributed by atoms with E-state index in [1.807, 2.05) is 36.4 Å². The second kappa shape index (κ2) is 6.65. The highest BCUT2D eigenvalue weighted by Gasteiger charge is 2.36. The number of rotatable bonds is 3. The molecule has 0 bridgehead atoms. The minimum atomic E-state index is -0.176. The molecular formula is C19H20ClNO2. The number of nitrogens with one attached hydrogen (secondary N) is 1. The van der Waals surface area contributed by atoms with E-state index < -0.39 is 0 Å². The van der Waals surface area contributed by atoms with Gasteiger partial charge in [0.15, 0.2) is 0 Å². The smallest absolute Gasteiger partial charge is 0.141 e. The van der Waals surface area contributed by atoms with Crippen LogP contribution in [-0.2, 0) is 6.61 Å². The molecule has 0 aliphatic carbocycles. The third kappa shape index (κ3) is 3.21. The largest absolute Gasteiger partial charge is 0.488 e. The quantitative estimate of drug-likeness (QED) is 0.928. The molecule has 1 spiro atoms. The minimum Gasteiger partial charge on any atom is -0.488 e. The Bertz CT molecular complexity index is 694. The molecule has 1 atom stereocenters. The predicted octanol–water partition coefficient (Wildman–Crippen LogP) is 3.83. The Labute approximate surface area is 142 Å². The van der Waals surface area contributed by atoms with Gasteiger partial charge in [-0.3, -0.25) is 0 Å². The van der Waals surface area contributed by atoms with Gasteiger partial charge < -0.3 is 14.8 Å². The number of fused-ring (bicyclic) bond motifs is 1. The van der Waals surface area contributed by atoms with Crippen molar-refractivity contribution in [3.05, 3.63) is 65.7 Å². The number of hydrogen-bond donors (Lipinski definition) is 1. The SMILES string of the molecule is C1=CC2(CCNC2)Oc2cccc(OCc3ccccc3)c21.Cl. The number of ether oxygens (including phenoxy) is 2. The zero-order chi connectivity index (χ0) is 14.8. The van der Waals surface area contributed by atoms with Gasteiger partial charge in [0.2, 0.25) is 0 Å². The highest BCUT2D eigenvalue weighted by Crippen LogP contribution is 2.39. The molecule has 4 rings (SSSR count). The number of halogens is 1. The Balaban J connectivity index is 0.00000156. The lowest BCUT2D eigenvalue weighted by Gasteiger charge is -2.31. The van der Waals surface area contributed by atoms with Gasteiger partial charge in [0, 0.05) is 13.0 Å². The summed E-state index contributed by atoms with van der Waals surface area (Å²) in [5.74, 6) is 1.79. The first-order chi connectivity index (χ1) is 10.8. The Morgan fingerprint density at radius 2 is 1.96 bits per heavy atom. The van der Waals surface area contributed by atoms with Crippen LogP contribution in [-0.4, -0.2) is 18.7 Å². The van der Waals surface area contributed by atoms with E-state index in [1.54, 1.807) is 0 Å². The van der Waals surface area contributed by atoms with Crippen LogP contribution in [0.3, 0.4) is 0 Å². The zero-order valence-corrected chi connectivity index (χ0v) is 13.6. The molecule has 2 aliphatic rings. The number of hydrogen-bond acceptors (Lipinski definition) is 3. The maximum Gasteiger partial charge on any atom is 0.141 e. The van der Waals surface area contributed by atoms with Crippen molar-refractivity contribution < 1.29 is 9.47 Å². The van der Waals surface area contributed by atoms with Crippen LogP contribution < -0.4 is 14.8 Å². The van der Waals surface area contributed by atoms with E-state index in [9.17, 15) is 0 Å². The molecular weight excluding hydrogens is 310 g/mol. The summed E-state index contributed by atoms with van der Waals surface area (Å²) in [5.41, 5.74) is 2.03. The molecule has 2 aromatic carbocycles. The molecule has 1 N–H and O–H groups in total. The van der Waals surface area contributed by atoms with E-state index in [0.717, 1.165) is 42.1 Å². The fourth-order valence-corrected chi connectivity index (χ4v) is 3.04. The standard InChI is InChI=1S/C19H19NO2.ClH/c1-2-5-15(6-3-1)13-21-17-7-4-8-18-16(17)9-10-19(22-18)11-12-20-14-19;/h1-10,20H,11-14H2;1H. The Kier molecular flexibility index (Phi) is 4.60. The van der Waals surface area contributed by atoms with Gasteiger partial charge in [-0.25, -0.2) is 0 Å². The van der Waals surface area contributed by atoms with Crippen molar-refractivity contribution in [2.75, 3.05) is 13.1 Å². The molecule has 23 heavy (non-hydrogen) atoms. The summed E-state index contributed by atoms with van der Waals surface area (Å²) in [7, 11) is 0. The summed E-state index contributed by atoms with van der Waals surface area (Å²) in [6.07, 6.45) is 5.33. The maximum absolute atomic E-state index is 6.24. The topological polar surface area (TPSA) is 30.5 Å². The first-order valence-corrected chi connectivity index (χ1v) is 7.73. The van der Waals surface area contributed by atoms with Crippen molar-refractivity contribution in [2.24, 2.45) is 0 Å². The second-order valence-corrected chi connectivity index (χ2v) is 5.87. The van der Waals surface area contributed by atoms with Crippen LogP contribution in [0.5, 0.6) is 11.5 Å². The minimum absolute atomic E-state index is 0. The molecule has 0 saturated carbocycles. The summed E-state index contributed by atoms with van der Waals surface area (Å²) < 4.78 is 12.2. The van der Waals surface area contributed by atoms with E-state index in [1.165, 1.54) is 0 Å². The number of benzene rings is 2. The van der Waals surface area contributed by atoms with Gasteiger partial charge >= 0.3 is 0 Å². The van der Waals surface area contributed by atoms with Gasteiger partial charge in [-0.2, -0.15) is 0 Å². The second-order valence-electron chi connectivity index (χ2n) is 5.87. The summed E-state index contributed by atoms with van der Waals surface area (Å²) in [4.78, 5) is 0. The fraction of sp³-hybridized carbons (Fsp3) is 0.263. The van der Waals surface area contributed by atoms with Crippen LogP contribution in [0, 0.1) is 0 Å². The monoisotopic (exact) mass is 329 g/mol. The lowest BCUT2D eigenvalue weighted by molar-refractivity contribution is 0.138. The van der Waals surface area contributed by atoms with Crippen LogP contribution in [0.2, 0.25) is 0 Å². The van der Waals surface area contributed by atoms with E-state index >= 15 is 0 Å². The summed E-state index contributed by atoms with van der Waals surface area (Å²) in [5, 5.41) is 3.37. The van der Waals surface area contributed by atoms with Crippen LogP contribution in [0.4, 0.5) is 0 Å². The van der Waals surface area contributed by atoms with Gasteiger partial charge in [-0.05, 0) is 36.4 Å². The summed E-state index contributed by atoms with van der Waals surface area (Å²) in [6.45, 7) is 2.44. The molecule has 2 heterocycles. The average Bonchev–Trinajstić information content (AvgIpc) is 3.01. The third-order valence-electron chi connectivity index (χ3n) is 4.28. The van der Waals surface area contributed by atoms with E-state index in [4.69, 9.17) is 9.47 Å². The molecule has 0 radical (unpaired) electrons. The van der Waals surface area contributed by atoms with Gasteiger partial charge in [0.25, 0.3) is 0 Å². The molecule has 1 fully saturated rings. The molecule has 0 amide bonds. The Morgan fingerprint density at radius 3 is 2.74 bits per heavy atom. The lowest BCUT2D eigenvalue weighted by atomic mass is 9.97. The lowest BCUT2D eigenvalue weighted by Crippen LogP contribution is -2.37. The Morgan fingerprint density at radius 1 is 1.09 bits per heavy atom. The highest BCUT2D eigenvalue weighted by atomic mass is 35.5. The zero-order valence-electron chi connectivity index (χ0n) is 12.8. The first kappa shape index (κ1) is 15.9. The van der Waals surface area contributed by atoms with Crippen molar-refractivity contribution >= 4 is 18.5 Å². The molecule has 2 aliphatic heterocycles. The van der Waals surface area contributed by atoms with Gasteiger partial charge in [0.05, 0.1) is 5.56 Å². The fourth-order valence-electron chi connectivity index (χ4n) is 3.04. The van der Waals surface area contributed by atoms with Crippen molar-refractivity contribution in [1.82, 2.24) is 5.32 Å². The van der Waals surface area contributed by atoms with Crippen LogP contribution in [0.15, 0.2) is 54.6 Å². The summed E-state index contributed by atoms with van der Waals surface area (Å²) in [6, 6.07) is 16.2. The van der Waals surface area contributed by atoms with Crippen molar-refractivity contribution in [1.29, 1.82) is 0 Å². The molecule has 1 unspecified atom stereocenters. The molecule has 3 nitrogen and oxygen atoms in total. The van der Waals surface area contributed by atoms with Crippen LogP contribution in [0.1, 0.15) is 17.5 Å². The molecule has 1 saturated heterocycles. The van der Waals surface area contributed by atoms with Crippen LogP contribution in [0.25, 0.3) is 6.08 Å². The molecule has 2 aromatic rings. The van der Waals surface area contributed by atoms with Crippen molar-refractivity contribution in [3.8, 4) is 11.5 Å². The molecule has 120 valence electrons. The van der Waals surface area contributed by atoms with Crippen LogP contribution >= 0.6 is 12.4 Å². The predicted molar refractivity (Wildman–Crippen MR) is 94.3 cm³/mol. The third-order valence-corrected chi connectivity index (χ3v) is 4.28. The normalized spacial score (nSPS) is 21.4. The molecule has 0 aromatic heterocycles. The van der Waals surface area contributed by atoms with Crippen molar-refractivity contribution in [2.45, 2.75) is 18.6 Å². The van der Waals surface area contributed by atoms with Gasteiger partial charge in [-0.1, -0.05) is 36.4 Å². The van der Waals surface area contributed by atoms with Gasteiger partial charge in [-0.15, -0.1) is 12.4 Å². The first-order valence-electron chi connectivity index (χ1n) is 7.73. The van der Waals surface area contributed by atoms with Crippen molar-refractivity contribution in [3.63, 3.8) is 0 Å². The maximum atomic E-state index is 6.24. The van der Waals surface area contributed by atoms with E-state index in [-0.39, 0.29) is 18.0 Å². The molecule has 4 heteroatoms. The van der Waals surface area contributed by atoms with E-state index in [2.05, 4.69) is 29.6 Å². The van der Waals surface area contributed by atoms with E-state index in [0.29, 0.717) is 6.61 Å². The summed E-state index contributed by atoms with van der Waals surface area (Å²) >= 11 is 0.